The van der Waals surface area contributed by atoms with E-state index in [1.54, 1.807) is 36.4 Å². The Bertz CT molecular complexity index is 1000. The highest BCUT2D eigenvalue weighted by molar-refractivity contribution is 6.35. The average molecular weight is 480 g/mol. The third-order valence-electron chi connectivity index (χ3n) is 4.77. The van der Waals surface area contributed by atoms with E-state index in [2.05, 4.69) is 5.32 Å². The number of carbonyl (C=O) groups is 2. The fourth-order valence-corrected chi connectivity index (χ4v) is 3.78. The number of hydrogen-bond donors (Lipinski definition) is 1. The minimum absolute atomic E-state index is 0.0610. The van der Waals surface area contributed by atoms with Gasteiger partial charge in [-0.25, -0.2) is 0 Å². The van der Waals surface area contributed by atoms with Gasteiger partial charge in [0.2, 0.25) is 11.8 Å². The van der Waals surface area contributed by atoms with E-state index >= 15 is 0 Å². The maximum atomic E-state index is 13.4. The van der Waals surface area contributed by atoms with Crippen molar-refractivity contribution in [2.45, 2.75) is 58.7 Å². The highest BCUT2D eigenvalue weighted by atomic mass is 35.5. The van der Waals surface area contributed by atoms with E-state index < -0.39 is 22.4 Å². The van der Waals surface area contributed by atoms with E-state index in [1.165, 1.54) is 11.0 Å². The Hall–Kier alpha value is -2.64. The molecule has 7 nitrogen and oxygen atoms in total. The number of nitro benzene ring substituents is 1. The Kier molecular flexibility index (Phi) is 8.64. The predicted octanol–water partition coefficient (Wildman–Crippen LogP) is 5.17. The molecule has 0 saturated heterocycles. The van der Waals surface area contributed by atoms with Gasteiger partial charge in [0.1, 0.15) is 6.04 Å². The summed E-state index contributed by atoms with van der Waals surface area (Å²) in [5, 5.41) is 15.1. The molecule has 0 aliphatic rings. The molecule has 0 heterocycles. The summed E-state index contributed by atoms with van der Waals surface area (Å²) in [7, 11) is 0. The first-order chi connectivity index (χ1) is 14.9. The molecule has 0 aliphatic carbocycles. The minimum Gasteiger partial charge on any atom is -0.350 e. The average Bonchev–Trinajstić information content (AvgIpc) is 2.68. The van der Waals surface area contributed by atoms with Crippen LogP contribution in [0.5, 0.6) is 0 Å². The molecule has 0 fully saturated rings. The molecular formula is C23H27Cl2N3O4. The molecule has 9 heteroatoms. The molecular weight excluding hydrogens is 453 g/mol. The summed E-state index contributed by atoms with van der Waals surface area (Å²) < 4.78 is 0. The SMILES string of the molecule is CCC(C(=O)NC(C)(C)C)N(Cc1ccc(Cl)cc1Cl)C(=O)Cc1ccccc1[N+](=O)[O-]. The largest absolute Gasteiger partial charge is 0.350 e. The van der Waals surface area contributed by atoms with E-state index in [0.29, 0.717) is 22.0 Å². The topological polar surface area (TPSA) is 92.6 Å². The molecule has 1 N–H and O–H groups in total. The van der Waals surface area contributed by atoms with E-state index in [-0.39, 0.29) is 30.1 Å². The lowest BCUT2D eigenvalue weighted by Crippen LogP contribution is -2.53. The van der Waals surface area contributed by atoms with Crippen molar-refractivity contribution >= 4 is 40.7 Å². The zero-order chi connectivity index (χ0) is 24.1. The number of halogens is 2. The molecule has 2 aromatic carbocycles. The van der Waals surface area contributed by atoms with Crippen molar-refractivity contribution in [1.82, 2.24) is 10.2 Å². The summed E-state index contributed by atoms with van der Waals surface area (Å²) >= 11 is 12.3. The number of carbonyl (C=O) groups excluding carboxylic acids is 2. The van der Waals surface area contributed by atoms with Gasteiger partial charge in [0, 0.05) is 33.8 Å². The molecule has 1 atom stereocenters. The lowest BCUT2D eigenvalue weighted by molar-refractivity contribution is -0.385. The Morgan fingerprint density at radius 3 is 2.34 bits per heavy atom. The number of nitrogens with one attached hydrogen (secondary N) is 1. The maximum Gasteiger partial charge on any atom is 0.273 e. The second kappa shape index (κ2) is 10.8. The molecule has 1 unspecified atom stereocenters. The van der Waals surface area contributed by atoms with Crippen LogP contribution in [0.4, 0.5) is 5.69 Å². The number of benzene rings is 2. The van der Waals surface area contributed by atoms with E-state index in [9.17, 15) is 19.7 Å². The second-order valence-corrected chi connectivity index (χ2v) is 9.33. The van der Waals surface area contributed by atoms with Crippen molar-refractivity contribution in [3.8, 4) is 0 Å². The Morgan fingerprint density at radius 2 is 1.78 bits per heavy atom. The van der Waals surface area contributed by atoms with Gasteiger partial charge in [-0.05, 0) is 44.9 Å². The van der Waals surface area contributed by atoms with Gasteiger partial charge in [0.05, 0.1) is 11.3 Å². The molecule has 2 aromatic rings. The molecule has 0 radical (unpaired) electrons. The quantitative estimate of drug-likeness (QED) is 0.417. The summed E-state index contributed by atoms with van der Waals surface area (Å²) in [6, 6.07) is 10.2. The number of para-hydroxylation sites is 1. The normalized spacial score (nSPS) is 12.2. The van der Waals surface area contributed by atoms with Gasteiger partial charge in [-0.1, -0.05) is 54.4 Å². The Balaban J connectivity index is 2.43. The van der Waals surface area contributed by atoms with Gasteiger partial charge in [-0.2, -0.15) is 0 Å². The summed E-state index contributed by atoms with van der Waals surface area (Å²) in [5.74, 6) is -0.720. The number of nitro groups is 1. The van der Waals surface area contributed by atoms with Crippen molar-refractivity contribution < 1.29 is 14.5 Å². The summed E-state index contributed by atoms with van der Waals surface area (Å²) in [6.07, 6.45) is 0.136. The zero-order valence-corrected chi connectivity index (χ0v) is 20.0. The van der Waals surface area contributed by atoms with Gasteiger partial charge in [-0.3, -0.25) is 19.7 Å². The number of hydrogen-bond acceptors (Lipinski definition) is 4. The predicted molar refractivity (Wildman–Crippen MR) is 126 cm³/mol. The minimum atomic E-state index is -0.781. The maximum absolute atomic E-state index is 13.4. The first-order valence-electron chi connectivity index (χ1n) is 10.2. The molecule has 0 aliphatic heterocycles. The van der Waals surface area contributed by atoms with Crippen LogP contribution in [-0.2, 0) is 22.6 Å². The van der Waals surface area contributed by atoms with Crippen molar-refractivity contribution in [3.63, 3.8) is 0 Å². The van der Waals surface area contributed by atoms with Gasteiger partial charge in [-0.15, -0.1) is 0 Å². The van der Waals surface area contributed by atoms with Crippen LogP contribution in [0.15, 0.2) is 42.5 Å². The lowest BCUT2D eigenvalue weighted by Gasteiger charge is -2.33. The summed E-state index contributed by atoms with van der Waals surface area (Å²) in [5.41, 5.74) is 0.266. The third-order valence-corrected chi connectivity index (χ3v) is 5.36. The first-order valence-corrected chi connectivity index (χ1v) is 11.0. The van der Waals surface area contributed by atoms with Crippen LogP contribution in [0.1, 0.15) is 45.2 Å². The van der Waals surface area contributed by atoms with Crippen LogP contribution in [0.2, 0.25) is 10.0 Å². The molecule has 0 aromatic heterocycles. The monoisotopic (exact) mass is 479 g/mol. The fraction of sp³-hybridized carbons (Fsp3) is 0.391. The Labute approximate surface area is 197 Å². The zero-order valence-electron chi connectivity index (χ0n) is 18.5. The molecule has 172 valence electrons. The van der Waals surface area contributed by atoms with Gasteiger partial charge in [0.15, 0.2) is 0 Å². The smallest absolute Gasteiger partial charge is 0.273 e. The van der Waals surface area contributed by atoms with E-state index in [0.717, 1.165) is 0 Å². The van der Waals surface area contributed by atoms with Crippen molar-refractivity contribution in [2.75, 3.05) is 0 Å². The lowest BCUT2D eigenvalue weighted by atomic mass is 10.0. The number of rotatable bonds is 8. The summed E-state index contributed by atoms with van der Waals surface area (Å²) in [6.45, 7) is 7.43. The van der Waals surface area contributed by atoms with Crippen LogP contribution in [0.25, 0.3) is 0 Å². The number of nitrogens with zero attached hydrogens (tertiary/aromatic N) is 2. The van der Waals surface area contributed by atoms with E-state index in [4.69, 9.17) is 23.2 Å². The van der Waals surface area contributed by atoms with Gasteiger partial charge in [0.25, 0.3) is 5.69 Å². The summed E-state index contributed by atoms with van der Waals surface area (Å²) in [4.78, 5) is 38.7. The third kappa shape index (κ3) is 6.93. The van der Waals surface area contributed by atoms with Crippen LogP contribution in [-0.4, -0.2) is 33.2 Å². The van der Waals surface area contributed by atoms with Crippen molar-refractivity contribution in [2.24, 2.45) is 0 Å². The standard InChI is InChI=1S/C23H27Cl2N3O4/c1-5-19(22(30)26-23(2,3)4)27(14-16-10-11-17(24)13-18(16)25)21(29)12-15-8-6-7-9-20(15)28(31)32/h6-11,13,19H,5,12,14H2,1-4H3,(H,26,30). The van der Waals surface area contributed by atoms with Crippen LogP contribution in [0.3, 0.4) is 0 Å². The molecule has 2 amide bonds. The van der Waals surface area contributed by atoms with Crippen molar-refractivity contribution in [1.29, 1.82) is 0 Å². The van der Waals surface area contributed by atoms with Gasteiger partial charge >= 0.3 is 0 Å². The van der Waals surface area contributed by atoms with Crippen LogP contribution in [0, 0.1) is 10.1 Å². The molecule has 32 heavy (non-hydrogen) atoms. The van der Waals surface area contributed by atoms with E-state index in [1.807, 2.05) is 27.7 Å². The second-order valence-electron chi connectivity index (χ2n) is 8.48. The molecule has 0 spiro atoms. The van der Waals surface area contributed by atoms with Crippen LogP contribution < -0.4 is 5.32 Å². The van der Waals surface area contributed by atoms with Gasteiger partial charge < -0.3 is 10.2 Å². The van der Waals surface area contributed by atoms with Crippen LogP contribution >= 0.6 is 23.2 Å². The highest BCUT2D eigenvalue weighted by Gasteiger charge is 2.32. The van der Waals surface area contributed by atoms with Crippen molar-refractivity contribution in [3.05, 3.63) is 73.8 Å². The highest BCUT2D eigenvalue weighted by Crippen LogP contribution is 2.25. The first kappa shape index (κ1) is 25.6. The molecule has 2 rings (SSSR count). The fourth-order valence-electron chi connectivity index (χ4n) is 3.31. The Morgan fingerprint density at radius 1 is 1.12 bits per heavy atom. The number of amides is 2. The molecule has 0 bridgehead atoms. The molecule has 0 saturated carbocycles.